The molecule has 2 aromatic rings. The molecule has 4 nitrogen and oxygen atoms in total. The normalized spacial score (nSPS) is 10.8. The summed E-state index contributed by atoms with van der Waals surface area (Å²) >= 11 is 3.26. The molecule has 0 spiro atoms. The van der Waals surface area contributed by atoms with Crippen molar-refractivity contribution >= 4 is 15.9 Å². The molecular weight excluding hydrogens is 325 g/mol. The molecule has 20 heavy (non-hydrogen) atoms. The van der Waals surface area contributed by atoms with Gasteiger partial charge in [0.2, 0.25) is 5.88 Å². The molecule has 0 aliphatic heterocycles. The molecule has 0 radical (unpaired) electrons. The Hall–Kier alpha value is -1.40. The summed E-state index contributed by atoms with van der Waals surface area (Å²) in [6.45, 7) is 5.50. The lowest BCUT2D eigenvalue weighted by atomic mass is 10.2. The number of nitrogens with zero attached hydrogens (tertiary/aromatic N) is 2. The monoisotopic (exact) mass is 341 g/mol. The van der Waals surface area contributed by atoms with Crippen molar-refractivity contribution in [2.75, 3.05) is 6.54 Å². The topological polar surface area (TPSA) is 39.1 Å². The summed E-state index contributed by atoms with van der Waals surface area (Å²) in [6.07, 6.45) is 0. The number of nitrogens with one attached hydrogen (secondary N) is 1. The highest BCUT2D eigenvalue weighted by Gasteiger charge is 2.15. The SMILES string of the molecule is CCNCc1c(C)nn(C)c1Oc1cc(F)cc(Br)c1. The van der Waals surface area contributed by atoms with Crippen LogP contribution in [-0.2, 0) is 13.6 Å². The quantitative estimate of drug-likeness (QED) is 0.904. The third kappa shape index (κ3) is 3.37. The molecule has 0 aliphatic rings. The molecular formula is C14H17BrFN3O. The molecule has 2 rings (SSSR count). The van der Waals surface area contributed by atoms with Gasteiger partial charge in [-0.25, -0.2) is 9.07 Å². The van der Waals surface area contributed by atoms with Gasteiger partial charge in [-0.1, -0.05) is 22.9 Å². The average Bonchev–Trinajstić information content (AvgIpc) is 2.61. The number of rotatable bonds is 5. The van der Waals surface area contributed by atoms with E-state index in [0.29, 0.717) is 22.6 Å². The maximum absolute atomic E-state index is 13.4. The minimum Gasteiger partial charge on any atom is -0.439 e. The summed E-state index contributed by atoms with van der Waals surface area (Å²) in [4.78, 5) is 0. The van der Waals surface area contributed by atoms with Crippen molar-refractivity contribution in [2.45, 2.75) is 20.4 Å². The zero-order valence-corrected chi connectivity index (χ0v) is 13.3. The molecule has 1 heterocycles. The van der Waals surface area contributed by atoms with Gasteiger partial charge in [-0.2, -0.15) is 5.10 Å². The van der Waals surface area contributed by atoms with Crippen molar-refractivity contribution < 1.29 is 9.13 Å². The summed E-state index contributed by atoms with van der Waals surface area (Å²) in [5.74, 6) is 0.722. The van der Waals surface area contributed by atoms with Crippen LogP contribution in [0.2, 0.25) is 0 Å². The molecule has 0 aliphatic carbocycles. The van der Waals surface area contributed by atoms with Gasteiger partial charge in [0.1, 0.15) is 11.6 Å². The highest BCUT2D eigenvalue weighted by molar-refractivity contribution is 9.10. The van der Waals surface area contributed by atoms with E-state index in [2.05, 4.69) is 26.3 Å². The van der Waals surface area contributed by atoms with Gasteiger partial charge in [0.25, 0.3) is 0 Å². The van der Waals surface area contributed by atoms with Crippen LogP contribution in [0.25, 0.3) is 0 Å². The Kier molecular flexibility index (Phi) is 4.77. The summed E-state index contributed by atoms with van der Waals surface area (Å²) in [5.41, 5.74) is 1.88. The van der Waals surface area contributed by atoms with Crippen molar-refractivity contribution in [3.63, 3.8) is 0 Å². The first-order valence-electron chi connectivity index (χ1n) is 6.38. The molecule has 0 atom stereocenters. The Morgan fingerprint density at radius 2 is 2.15 bits per heavy atom. The summed E-state index contributed by atoms with van der Waals surface area (Å²) in [7, 11) is 1.81. The van der Waals surface area contributed by atoms with E-state index < -0.39 is 0 Å². The van der Waals surface area contributed by atoms with Crippen LogP contribution in [0, 0.1) is 12.7 Å². The standard InChI is InChI=1S/C14H17BrFN3O/c1-4-17-8-13-9(2)18-19(3)14(13)20-12-6-10(15)5-11(16)7-12/h5-7,17H,4,8H2,1-3H3. The van der Waals surface area contributed by atoms with Crippen molar-refractivity contribution in [1.29, 1.82) is 0 Å². The molecule has 1 aromatic heterocycles. The second kappa shape index (κ2) is 6.37. The average molecular weight is 342 g/mol. The van der Waals surface area contributed by atoms with E-state index in [4.69, 9.17) is 4.74 Å². The lowest BCUT2D eigenvalue weighted by Gasteiger charge is -2.09. The lowest BCUT2D eigenvalue weighted by molar-refractivity contribution is 0.420. The van der Waals surface area contributed by atoms with Crippen molar-refractivity contribution in [1.82, 2.24) is 15.1 Å². The second-order valence-corrected chi connectivity index (χ2v) is 5.40. The molecule has 6 heteroatoms. The van der Waals surface area contributed by atoms with Gasteiger partial charge >= 0.3 is 0 Å². The van der Waals surface area contributed by atoms with Crippen LogP contribution in [0.1, 0.15) is 18.2 Å². The summed E-state index contributed by atoms with van der Waals surface area (Å²) in [5, 5.41) is 7.60. The molecule has 0 saturated carbocycles. The van der Waals surface area contributed by atoms with Crippen LogP contribution in [0.4, 0.5) is 4.39 Å². The van der Waals surface area contributed by atoms with E-state index in [1.807, 2.05) is 20.9 Å². The van der Waals surface area contributed by atoms with E-state index in [1.54, 1.807) is 10.7 Å². The first-order valence-corrected chi connectivity index (χ1v) is 7.17. The molecule has 1 N–H and O–H groups in total. The van der Waals surface area contributed by atoms with Gasteiger partial charge in [-0.3, -0.25) is 0 Å². The van der Waals surface area contributed by atoms with Crippen LogP contribution in [0.3, 0.4) is 0 Å². The number of hydrogen-bond acceptors (Lipinski definition) is 3. The number of benzene rings is 1. The van der Waals surface area contributed by atoms with Crippen LogP contribution in [-0.4, -0.2) is 16.3 Å². The first kappa shape index (κ1) is 15.0. The minimum atomic E-state index is -0.346. The van der Waals surface area contributed by atoms with Gasteiger partial charge in [0, 0.05) is 24.1 Å². The van der Waals surface area contributed by atoms with E-state index in [1.165, 1.54) is 12.1 Å². The molecule has 0 fully saturated rings. The van der Waals surface area contributed by atoms with Crippen molar-refractivity contribution in [2.24, 2.45) is 7.05 Å². The molecule has 1 aromatic carbocycles. The largest absolute Gasteiger partial charge is 0.439 e. The van der Waals surface area contributed by atoms with E-state index >= 15 is 0 Å². The van der Waals surface area contributed by atoms with Crippen LogP contribution >= 0.6 is 15.9 Å². The first-order chi connectivity index (χ1) is 9.51. The smallest absolute Gasteiger partial charge is 0.222 e. The number of halogens is 2. The van der Waals surface area contributed by atoms with Crippen molar-refractivity contribution in [3.8, 4) is 11.6 Å². The van der Waals surface area contributed by atoms with E-state index in [-0.39, 0.29) is 5.82 Å². The molecule has 0 unspecified atom stereocenters. The Morgan fingerprint density at radius 1 is 1.40 bits per heavy atom. The summed E-state index contributed by atoms with van der Waals surface area (Å²) in [6, 6.07) is 4.47. The van der Waals surface area contributed by atoms with Gasteiger partial charge < -0.3 is 10.1 Å². The maximum atomic E-state index is 13.4. The van der Waals surface area contributed by atoms with Gasteiger partial charge in [-0.15, -0.1) is 0 Å². The fourth-order valence-corrected chi connectivity index (χ4v) is 2.41. The number of aryl methyl sites for hydroxylation is 2. The Morgan fingerprint density at radius 3 is 2.80 bits per heavy atom. The van der Waals surface area contributed by atoms with Crippen LogP contribution in [0.15, 0.2) is 22.7 Å². The number of aromatic nitrogens is 2. The second-order valence-electron chi connectivity index (χ2n) is 4.48. The van der Waals surface area contributed by atoms with E-state index in [0.717, 1.165) is 17.8 Å². The van der Waals surface area contributed by atoms with Crippen LogP contribution < -0.4 is 10.1 Å². The van der Waals surface area contributed by atoms with Gasteiger partial charge in [0.05, 0.1) is 11.3 Å². The van der Waals surface area contributed by atoms with Crippen LogP contribution in [0.5, 0.6) is 11.6 Å². The summed E-state index contributed by atoms with van der Waals surface area (Å²) < 4.78 is 21.5. The fraction of sp³-hybridized carbons (Fsp3) is 0.357. The number of hydrogen-bond donors (Lipinski definition) is 1. The molecule has 0 bridgehead atoms. The maximum Gasteiger partial charge on any atom is 0.222 e. The van der Waals surface area contributed by atoms with Gasteiger partial charge in [0.15, 0.2) is 0 Å². The zero-order valence-electron chi connectivity index (χ0n) is 11.7. The Bertz CT molecular complexity index is 592. The van der Waals surface area contributed by atoms with Crippen molar-refractivity contribution in [3.05, 3.63) is 39.7 Å². The molecule has 0 amide bonds. The fourth-order valence-electron chi connectivity index (χ4n) is 1.96. The number of ether oxygens (including phenoxy) is 1. The highest BCUT2D eigenvalue weighted by atomic mass is 79.9. The highest BCUT2D eigenvalue weighted by Crippen LogP contribution is 2.29. The molecule has 108 valence electrons. The zero-order chi connectivity index (χ0) is 14.7. The van der Waals surface area contributed by atoms with E-state index in [9.17, 15) is 4.39 Å². The minimum absolute atomic E-state index is 0.346. The predicted octanol–water partition coefficient (Wildman–Crippen LogP) is 3.53. The predicted molar refractivity (Wildman–Crippen MR) is 79.5 cm³/mol. The third-order valence-corrected chi connectivity index (χ3v) is 3.35. The Labute approximate surface area is 126 Å². The Balaban J connectivity index is 2.32. The lowest BCUT2D eigenvalue weighted by Crippen LogP contribution is -2.12. The third-order valence-electron chi connectivity index (χ3n) is 2.89. The van der Waals surface area contributed by atoms with Gasteiger partial charge in [-0.05, 0) is 25.6 Å². The molecule has 0 saturated heterocycles.